The molecule has 43 heavy (non-hydrogen) atoms. The molecule has 0 spiro atoms. The summed E-state index contributed by atoms with van der Waals surface area (Å²) in [6, 6.07) is 4.33. The third-order valence-corrected chi connectivity index (χ3v) is 8.73. The van der Waals surface area contributed by atoms with Gasteiger partial charge in [-0.3, -0.25) is 24.1 Å². The Bertz CT molecular complexity index is 1140. The molecule has 3 aliphatic rings. The highest BCUT2D eigenvalue weighted by atomic mass is 19.3. The van der Waals surface area contributed by atoms with Crippen LogP contribution in [0.5, 0.6) is 5.75 Å². The number of ether oxygens (including phenoxy) is 2. The monoisotopic (exact) mass is 606 g/mol. The zero-order valence-corrected chi connectivity index (χ0v) is 25.3. The van der Waals surface area contributed by atoms with Crippen molar-refractivity contribution in [1.82, 2.24) is 20.9 Å². The fourth-order valence-electron chi connectivity index (χ4n) is 5.80. The number of ketones is 1. The van der Waals surface area contributed by atoms with Crippen LogP contribution in [0.15, 0.2) is 24.3 Å². The predicted molar refractivity (Wildman–Crippen MR) is 155 cm³/mol. The topological polar surface area (TPSA) is 129 Å². The van der Waals surface area contributed by atoms with Crippen LogP contribution in [0.25, 0.3) is 0 Å². The van der Waals surface area contributed by atoms with Crippen LogP contribution in [0.4, 0.5) is 8.78 Å². The number of hydrogen-bond acceptors (Lipinski definition) is 7. The van der Waals surface area contributed by atoms with Crippen molar-refractivity contribution in [2.75, 3.05) is 33.4 Å². The Labute approximate surface area is 251 Å². The maximum atomic E-state index is 13.7. The summed E-state index contributed by atoms with van der Waals surface area (Å²) in [5.41, 5.74) is -0.148. The molecule has 1 aliphatic carbocycles. The van der Waals surface area contributed by atoms with Gasteiger partial charge in [-0.05, 0) is 43.9 Å². The highest BCUT2D eigenvalue weighted by Crippen LogP contribution is 2.33. The average Bonchev–Trinajstić information content (AvgIpc) is 3.51. The summed E-state index contributed by atoms with van der Waals surface area (Å²) in [5.74, 6) is -3.47. The van der Waals surface area contributed by atoms with Gasteiger partial charge in [-0.2, -0.15) is 0 Å². The Kier molecular flexibility index (Phi) is 10.8. The maximum absolute atomic E-state index is 13.7. The van der Waals surface area contributed by atoms with Crippen molar-refractivity contribution in [3.05, 3.63) is 29.8 Å². The Morgan fingerprint density at radius 2 is 1.60 bits per heavy atom. The van der Waals surface area contributed by atoms with E-state index < -0.39 is 47.4 Å². The number of piperidine rings is 1. The van der Waals surface area contributed by atoms with Crippen molar-refractivity contribution in [3.63, 3.8) is 0 Å². The van der Waals surface area contributed by atoms with Gasteiger partial charge in [-0.1, -0.05) is 37.8 Å². The summed E-state index contributed by atoms with van der Waals surface area (Å²) >= 11 is 0. The highest BCUT2D eigenvalue weighted by Gasteiger charge is 2.50. The van der Waals surface area contributed by atoms with E-state index in [1.165, 1.54) is 6.92 Å². The Morgan fingerprint density at radius 3 is 2.19 bits per heavy atom. The van der Waals surface area contributed by atoms with Crippen molar-refractivity contribution in [1.29, 1.82) is 0 Å². The summed E-state index contributed by atoms with van der Waals surface area (Å²) in [5, 5.41) is 8.28. The smallest absolute Gasteiger partial charge is 0.250 e. The quantitative estimate of drug-likeness (QED) is 0.278. The molecule has 1 aromatic rings. The summed E-state index contributed by atoms with van der Waals surface area (Å²) in [6.07, 6.45) is 4.22. The number of methoxy groups -OCH3 is 1. The Balaban J connectivity index is 1.41. The van der Waals surface area contributed by atoms with Gasteiger partial charge in [0.1, 0.15) is 23.4 Å². The second kappa shape index (κ2) is 14.1. The van der Waals surface area contributed by atoms with Gasteiger partial charge in [0.05, 0.1) is 26.3 Å². The van der Waals surface area contributed by atoms with E-state index >= 15 is 0 Å². The maximum Gasteiger partial charge on any atom is 0.250 e. The number of epoxide rings is 1. The first-order chi connectivity index (χ1) is 20.4. The van der Waals surface area contributed by atoms with Crippen molar-refractivity contribution in [3.8, 4) is 5.75 Å². The first-order valence-corrected chi connectivity index (χ1v) is 15.2. The molecule has 3 N–H and O–H groups in total. The molecular formula is C31H44F2N4O6. The third kappa shape index (κ3) is 9.43. The van der Waals surface area contributed by atoms with Crippen LogP contribution in [-0.4, -0.2) is 91.4 Å². The average molecular weight is 607 g/mol. The zero-order chi connectivity index (χ0) is 31.2. The largest absolute Gasteiger partial charge is 0.497 e. The normalized spacial score (nSPS) is 23.9. The number of nitrogens with zero attached hydrogens (tertiary/aromatic N) is 1. The van der Waals surface area contributed by atoms with E-state index in [2.05, 4.69) is 16.0 Å². The molecular weight excluding hydrogens is 562 g/mol. The number of amides is 3. The molecule has 2 saturated heterocycles. The Hall–Kier alpha value is -3.12. The summed E-state index contributed by atoms with van der Waals surface area (Å²) < 4.78 is 37.5. The molecule has 0 unspecified atom stereocenters. The third-order valence-electron chi connectivity index (χ3n) is 8.73. The van der Waals surface area contributed by atoms with Gasteiger partial charge < -0.3 is 25.4 Å². The fraction of sp³-hybridized carbons (Fsp3) is 0.677. The molecule has 0 radical (unpaired) electrons. The number of nitrogens with one attached hydrogen (secondary N) is 3. The molecule has 10 nitrogen and oxygen atoms in total. The van der Waals surface area contributed by atoms with Gasteiger partial charge >= 0.3 is 0 Å². The van der Waals surface area contributed by atoms with Crippen LogP contribution in [0.3, 0.4) is 0 Å². The van der Waals surface area contributed by atoms with E-state index in [4.69, 9.17) is 9.47 Å². The van der Waals surface area contributed by atoms with Gasteiger partial charge in [0.25, 0.3) is 5.92 Å². The number of alkyl halides is 2. The number of likely N-dealkylation sites (tertiary alicyclic amines) is 1. The lowest BCUT2D eigenvalue weighted by atomic mass is 9.90. The van der Waals surface area contributed by atoms with Crippen molar-refractivity contribution < 1.29 is 37.4 Å². The molecule has 1 aromatic carbocycles. The van der Waals surface area contributed by atoms with E-state index in [1.807, 2.05) is 0 Å². The van der Waals surface area contributed by atoms with E-state index in [1.54, 1.807) is 43.2 Å². The number of benzene rings is 1. The van der Waals surface area contributed by atoms with Crippen LogP contribution in [0.2, 0.25) is 0 Å². The minimum Gasteiger partial charge on any atom is -0.497 e. The molecule has 2 aliphatic heterocycles. The lowest BCUT2D eigenvalue weighted by Crippen LogP contribution is -2.57. The molecule has 3 fully saturated rings. The molecule has 2 heterocycles. The fourth-order valence-corrected chi connectivity index (χ4v) is 5.80. The predicted octanol–water partition coefficient (Wildman–Crippen LogP) is 2.38. The summed E-state index contributed by atoms with van der Waals surface area (Å²) in [7, 11) is 1.55. The van der Waals surface area contributed by atoms with Crippen LogP contribution in [-0.2, 0) is 30.3 Å². The van der Waals surface area contributed by atoms with Gasteiger partial charge in [0.2, 0.25) is 17.7 Å². The van der Waals surface area contributed by atoms with Crippen LogP contribution in [0, 0.1) is 5.92 Å². The van der Waals surface area contributed by atoms with Crippen LogP contribution < -0.4 is 20.7 Å². The first-order valence-electron chi connectivity index (χ1n) is 15.2. The van der Waals surface area contributed by atoms with Crippen LogP contribution >= 0.6 is 0 Å². The zero-order valence-electron chi connectivity index (χ0n) is 25.3. The van der Waals surface area contributed by atoms with Gasteiger partial charge in [0, 0.05) is 32.4 Å². The highest BCUT2D eigenvalue weighted by molar-refractivity contribution is 5.98. The first kappa shape index (κ1) is 32.8. The summed E-state index contributed by atoms with van der Waals surface area (Å²) in [4.78, 5) is 54.4. The molecule has 4 atom stereocenters. The molecule has 0 bridgehead atoms. The van der Waals surface area contributed by atoms with Crippen LogP contribution in [0.1, 0.15) is 64.4 Å². The lowest BCUT2D eigenvalue weighted by Gasteiger charge is -2.31. The second-order valence-electron chi connectivity index (χ2n) is 12.4. The SMILES string of the molecule is COc1ccc(C[C@H](NC(=O)[C@H](C)NC(=O)CN2CCC(F)(F)CC2)C(=O)N[C@@H](CC2CCCC2)C(=O)[C@]2(C)CO2)cc1. The minimum atomic E-state index is -2.72. The Morgan fingerprint density at radius 1 is 1.00 bits per heavy atom. The van der Waals surface area contributed by atoms with E-state index in [-0.39, 0.29) is 44.7 Å². The second-order valence-corrected chi connectivity index (χ2v) is 12.4. The van der Waals surface area contributed by atoms with Gasteiger partial charge in [-0.15, -0.1) is 0 Å². The minimum absolute atomic E-state index is 0.0932. The molecule has 238 valence electrons. The van der Waals surface area contributed by atoms with E-state index in [9.17, 15) is 28.0 Å². The molecule has 3 amide bonds. The molecule has 0 aromatic heterocycles. The van der Waals surface area contributed by atoms with E-state index in [0.717, 1.165) is 31.2 Å². The molecule has 4 rings (SSSR count). The molecule has 12 heteroatoms. The number of carbonyl (C=O) groups excluding carboxylic acids is 4. The lowest BCUT2D eigenvalue weighted by molar-refractivity contribution is -0.134. The van der Waals surface area contributed by atoms with Crippen molar-refractivity contribution >= 4 is 23.5 Å². The number of hydrogen-bond donors (Lipinski definition) is 3. The number of carbonyl (C=O) groups is 4. The standard InChI is InChI=1S/C31H44F2N4O6/c1-20(34-26(38)18-37-14-12-31(32,33)13-15-37)28(40)36-25(17-22-8-10-23(42-3)11-9-22)29(41)35-24(16-21-6-4-5-7-21)27(39)30(2)19-43-30/h8-11,20-21,24-25H,4-7,12-19H2,1-3H3,(H,34,38)(H,35,41)(H,36,40)/t20-,24-,25-,30-/m0/s1. The van der Waals surface area contributed by atoms with Gasteiger partial charge in [-0.25, -0.2) is 8.78 Å². The number of halogens is 2. The van der Waals surface area contributed by atoms with E-state index in [0.29, 0.717) is 24.7 Å². The number of rotatable bonds is 14. The van der Waals surface area contributed by atoms with Crippen molar-refractivity contribution in [2.45, 2.75) is 94.9 Å². The van der Waals surface area contributed by atoms with Crippen molar-refractivity contribution in [2.24, 2.45) is 5.92 Å². The number of Topliss-reactive ketones (excluding diaryl/α,β-unsaturated/α-hetero) is 1. The summed E-state index contributed by atoms with van der Waals surface area (Å²) in [6.45, 7) is 3.62. The molecule has 1 saturated carbocycles. The van der Waals surface area contributed by atoms with Gasteiger partial charge in [0.15, 0.2) is 5.78 Å².